The number of nitrogens with one attached hydrogen (secondary N) is 1. The predicted octanol–water partition coefficient (Wildman–Crippen LogP) is 3.61. The first-order valence-electron chi connectivity index (χ1n) is 12.6. The molecule has 2 N–H and O–H groups in total. The van der Waals surface area contributed by atoms with Crippen LogP contribution in [0, 0.1) is 11.3 Å². The van der Waals surface area contributed by atoms with Crippen LogP contribution in [0.2, 0.25) is 0 Å². The number of aromatic hydroxyl groups is 1. The molecule has 0 amide bonds. The first-order chi connectivity index (χ1) is 17.1. The van der Waals surface area contributed by atoms with Crippen LogP contribution in [0.25, 0.3) is 11.4 Å². The monoisotopic (exact) mass is 471 g/mol. The molecule has 3 aromatic rings. The van der Waals surface area contributed by atoms with Gasteiger partial charge in [-0.15, -0.1) is 0 Å². The molecule has 0 spiro atoms. The van der Waals surface area contributed by atoms with E-state index in [4.69, 9.17) is 5.26 Å². The number of H-pyrrole nitrogens is 1. The van der Waals surface area contributed by atoms with Gasteiger partial charge in [-0.05, 0) is 56.1 Å². The number of rotatable bonds is 6. The summed E-state index contributed by atoms with van der Waals surface area (Å²) in [4.78, 5) is 19.4. The summed E-state index contributed by atoms with van der Waals surface area (Å²) < 4.78 is 0. The molecule has 0 saturated carbocycles. The second-order valence-corrected chi connectivity index (χ2v) is 9.57. The van der Waals surface area contributed by atoms with Gasteiger partial charge in [-0.25, -0.2) is 9.97 Å². The second kappa shape index (κ2) is 10.5. The van der Waals surface area contributed by atoms with E-state index in [-0.39, 0.29) is 5.75 Å². The molecule has 2 aliphatic heterocycles. The van der Waals surface area contributed by atoms with Gasteiger partial charge in [0, 0.05) is 62.4 Å². The Morgan fingerprint density at radius 3 is 2.57 bits per heavy atom. The van der Waals surface area contributed by atoms with Crippen LogP contribution in [0.15, 0.2) is 48.9 Å². The van der Waals surface area contributed by atoms with Crippen molar-refractivity contribution in [3.63, 3.8) is 0 Å². The van der Waals surface area contributed by atoms with Gasteiger partial charge in [-0.2, -0.15) is 5.26 Å². The van der Waals surface area contributed by atoms with Crippen LogP contribution >= 0.6 is 0 Å². The number of nitrogens with zero attached hydrogens (tertiary/aromatic N) is 6. The largest absolute Gasteiger partial charge is 0.504 e. The third-order valence-electron chi connectivity index (χ3n) is 7.43. The van der Waals surface area contributed by atoms with Gasteiger partial charge in [0.15, 0.2) is 11.6 Å². The maximum absolute atomic E-state index is 10.7. The summed E-state index contributed by atoms with van der Waals surface area (Å²) >= 11 is 0. The fraction of sp³-hybridized carbons (Fsp3) is 0.444. The van der Waals surface area contributed by atoms with E-state index in [2.05, 4.69) is 54.8 Å². The van der Waals surface area contributed by atoms with E-state index < -0.39 is 0 Å². The number of likely N-dealkylation sites (tertiary alicyclic amines) is 1. The molecule has 35 heavy (non-hydrogen) atoms. The molecule has 0 aliphatic carbocycles. The molecule has 2 saturated heterocycles. The Labute approximate surface area is 206 Å². The minimum Gasteiger partial charge on any atom is -0.504 e. The van der Waals surface area contributed by atoms with E-state index in [0.717, 1.165) is 51.3 Å². The van der Waals surface area contributed by atoms with Crippen LogP contribution in [0.5, 0.6) is 5.75 Å². The molecule has 4 heterocycles. The molecule has 2 aromatic heterocycles. The van der Waals surface area contributed by atoms with Crippen molar-refractivity contribution >= 4 is 5.82 Å². The zero-order chi connectivity index (χ0) is 24.2. The maximum atomic E-state index is 10.7. The highest BCUT2D eigenvalue weighted by Crippen LogP contribution is 2.32. The number of anilines is 1. The lowest BCUT2D eigenvalue weighted by atomic mass is 9.97. The first kappa shape index (κ1) is 23.3. The quantitative estimate of drug-likeness (QED) is 0.567. The number of aromatic amines is 1. The molecule has 1 aromatic carbocycles. The molecule has 8 nitrogen and oxygen atoms in total. The van der Waals surface area contributed by atoms with Crippen molar-refractivity contribution in [3.8, 4) is 23.2 Å². The highest BCUT2D eigenvalue weighted by atomic mass is 16.3. The number of hydrogen-bond donors (Lipinski definition) is 2. The van der Waals surface area contributed by atoms with Gasteiger partial charge in [0.1, 0.15) is 5.82 Å². The van der Waals surface area contributed by atoms with Crippen LogP contribution in [-0.2, 0) is 6.54 Å². The number of pyridine rings is 1. The van der Waals surface area contributed by atoms with Crippen LogP contribution in [0.4, 0.5) is 5.82 Å². The summed E-state index contributed by atoms with van der Waals surface area (Å²) in [6.45, 7) is 8.12. The summed E-state index contributed by atoms with van der Waals surface area (Å²) in [5.74, 6) is 1.58. The maximum Gasteiger partial charge on any atom is 0.171 e. The van der Waals surface area contributed by atoms with Gasteiger partial charge < -0.3 is 15.0 Å². The lowest BCUT2D eigenvalue weighted by molar-refractivity contribution is 0.0609. The van der Waals surface area contributed by atoms with Crippen LogP contribution in [0.1, 0.15) is 37.3 Å². The van der Waals surface area contributed by atoms with Gasteiger partial charge in [-0.3, -0.25) is 9.80 Å². The Balaban J connectivity index is 1.17. The zero-order valence-electron chi connectivity index (χ0n) is 20.3. The smallest absolute Gasteiger partial charge is 0.171 e. The number of benzene rings is 1. The summed E-state index contributed by atoms with van der Waals surface area (Å²) in [5, 5.41) is 19.7. The van der Waals surface area contributed by atoms with Crippen molar-refractivity contribution in [1.29, 1.82) is 5.26 Å². The van der Waals surface area contributed by atoms with E-state index in [1.807, 2.05) is 12.1 Å². The van der Waals surface area contributed by atoms with Crippen LogP contribution in [-0.4, -0.2) is 74.7 Å². The summed E-state index contributed by atoms with van der Waals surface area (Å²) in [5.41, 5.74) is 2.77. The second-order valence-electron chi connectivity index (χ2n) is 9.57. The fourth-order valence-corrected chi connectivity index (χ4v) is 5.50. The summed E-state index contributed by atoms with van der Waals surface area (Å²) in [6.07, 6.45) is 8.67. The van der Waals surface area contributed by atoms with Crippen molar-refractivity contribution in [3.05, 3.63) is 60.0 Å². The molecule has 1 unspecified atom stereocenters. The lowest BCUT2D eigenvalue weighted by Crippen LogP contribution is -2.58. The zero-order valence-corrected chi connectivity index (χ0v) is 20.3. The van der Waals surface area contributed by atoms with Crippen molar-refractivity contribution in [1.82, 2.24) is 24.8 Å². The molecule has 5 rings (SSSR count). The van der Waals surface area contributed by atoms with E-state index in [1.165, 1.54) is 18.4 Å². The Bertz CT molecular complexity index is 1150. The minimum absolute atomic E-state index is 0.207. The van der Waals surface area contributed by atoms with Crippen molar-refractivity contribution < 1.29 is 5.11 Å². The average molecular weight is 472 g/mol. The Morgan fingerprint density at radius 1 is 1.11 bits per heavy atom. The van der Waals surface area contributed by atoms with Gasteiger partial charge in [-0.1, -0.05) is 19.1 Å². The number of imidazole rings is 1. The summed E-state index contributed by atoms with van der Waals surface area (Å²) in [6, 6.07) is 12.9. The molecule has 182 valence electrons. The van der Waals surface area contributed by atoms with E-state index >= 15 is 0 Å². The van der Waals surface area contributed by atoms with E-state index in [0.29, 0.717) is 29.3 Å². The number of aromatic nitrogens is 3. The molecule has 0 radical (unpaired) electrons. The van der Waals surface area contributed by atoms with E-state index in [9.17, 15) is 5.11 Å². The summed E-state index contributed by atoms with van der Waals surface area (Å²) in [7, 11) is 0. The molecule has 1 atom stereocenters. The van der Waals surface area contributed by atoms with E-state index in [1.54, 1.807) is 24.7 Å². The molecule has 0 bridgehead atoms. The number of piperidine rings is 1. The molecule has 8 heteroatoms. The Hall–Kier alpha value is -3.41. The average Bonchev–Trinajstić information content (AvgIpc) is 3.44. The highest BCUT2D eigenvalue weighted by Gasteiger charge is 2.34. The predicted molar refractivity (Wildman–Crippen MR) is 136 cm³/mol. The topological polar surface area (TPSA) is 95.3 Å². The van der Waals surface area contributed by atoms with Gasteiger partial charge in [0.05, 0.1) is 11.6 Å². The number of nitriles is 1. The number of piperazine rings is 1. The SMILES string of the molecule is CCC1CN(c2ncc(-c3ncc[nH]3)cc2O)CCN1C1CCN(Cc2ccc(C#N)cc2)CC1. The molecular formula is C27H33N7O. The first-order valence-corrected chi connectivity index (χ1v) is 12.6. The van der Waals surface area contributed by atoms with Gasteiger partial charge >= 0.3 is 0 Å². The molecule has 2 aliphatic rings. The third kappa shape index (κ3) is 5.16. The minimum atomic E-state index is 0.207. The fourth-order valence-electron chi connectivity index (χ4n) is 5.50. The van der Waals surface area contributed by atoms with Crippen molar-refractivity contribution in [2.24, 2.45) is 0 Å². The van der Waals surface area contributed by atoms with Gasteiger partial charge in [0.25, 0.3) is 0 Å². The van der Waals surface area contributed by atoms with Crippen LogP contribution < -0.4 is 4.90 Å². The van der Waals surface area contributed by atoms with Gasteiger partial charge in [0.2, 0.25) is 0 Å². The third-order valence-corrected chi connectivity index (χ3v) is 7.43. The molecular weight excluding hydrogens is 438 g/mol. The standard InChI is InChI=1S/C27H33N7O/c1-2-23-19-33(27-25(35)15-22(17-31-27)26-29-9-10-30-26)13-14-34(23)24-7-11-32(12-8-24)18-21-5-3-20(16-28)4-6-21/h3-6,9-10,15,17,23-24,35H,2,7-8,11-14,18-19H2,1H3,(H,29,30). The van der Waals surface area contributed by atoms with Crippen molar-refractivity contribution in [2.45, 2.75) is 44.8 Å². The Morgan fingerprint density at radius 2 is 1.91 bits per heavy atom. The molecule has 2 fully saturated rings. The van der Waals surface area contributed by atoms with Crippen LogP contribution in [0.3, 0.4) is 0 Å². The normalized spacial score (nSPS) is 20.1. The number of hydrogen-bond acceptors (Lipinski definition) is 7. The lowest BCUT2D eigenvalue weighted by Gasteiger charge is -2.47. The Kier molecular flexibility index (Phi) is 6.98. The highest BCUT2D eigenvalue weighted by molar-refractivity contribution is 5.63. The van der Waals surface area contributed by atoms with Crippen molar-refractivity contribution in [2.75, 3.05) is 37.6 Å².